The van der Waals surface area contributed by atoms with Gasteiger partial charge in [-0.25, -0.2) is 0 Å². The lowest BCUT2D eigenvalue weighted by atomic mass is 10.1. The van der Waals surface area contributed by atoms with Gasteiger partial charge in [-0.1, -0.05) is 85.9 Å². The van der Waals surface area contributed by atoms with E-state index in [0.717, 1.165) is 92.8 Å². The largest absolute Gasteiger partial charge is 0.494 e. The van der Waals surface area contributed by atoms with Crippen molar-refractivity contribution in [2.24, 2.45) is 0 Å². The van der Waals surface area contributed by atoms with Gasteiger partial charge >= 0.3 is 0 Å². The monoisotopic (exact) mass is 538 g/mol. The Labute approximate surface area is 240 Å². The van der Waals surface area contributed by atoms with Gasteiger partial charge in [0, 0.05) is 13.0 Å². The summed E-state index contributed by atoms with van der Waals surface area (Å²) in [6.07, 6.45) is 17.7. The van der Waals surface area contributed by atoms with Gasteiger partial charge in [-0.2, -0.15) is 0 Å². The third-order valence-electron chi connectivity index (χ3n) is 6.53. The Morgan fingerprint density at radius 2 is 1.18 bits per heavy atom. The fourth-order valence-electron chi connectivity index (χ4n) is 4.25. The normalized spacial score (nSPS) is 10.9. The minimum Gasteiger partial charge on any atom is -0.494 e. The van der Waals surface area contributed by atoms with E-state index in [1.54, 1.807) is 6.08 Å². The lowest BCUT2D eigenvalue weighted by Gasteiger charge is -2.09. The molecule has 0 bridgehead atoms. The number of ether oxygens (including phenoxy) is 3. The molecule has 0 N–H and O–H groups in total. The zero-order valence-electron chi connectivity index (χ0n) is 23.6. The van der Waals surface area contributed by atoms with Gasteiger partial charge in [0.2, 0.25) is 0 Å². The highest BCUT2D eigenvalue weighted by Crippen LogP contribution is 2.25. The van der Waals surface area contributed by atoms with Crippen molar-refractivity contribution in [2.45, 2.75) is 57.8 Å². The molecule has 3 rings (SSSR count). The number of hydrogen-bond acceptors (Lipinski definition) is 4. The molecular weight excluding hydrogens is 496 g/mol. The van der Waals surface area contributed by atoms with Gasteiger partial charge in [0.05, 0.1) is 13.2 Å². The van der Waals surface area contributed by atoms with Crippen LogP contribution in [0.3, 0.4) is 0 Å². The second-order valence-electron chi connectivity index (χ2n) is 9.79. The second-order valence-corrected chi connectivity index (χ2v) is 9.79. The Bertz CT molecular complexity index is 1160. The van der Waals surface area contributed by atoms with Gasteiger partial charge < -0.3 is 14.2 Å². The van der Waals surface area contributed by atoms with Gasteiger partial charge in [-0.15, -0.1) is 6.42 Å². The molecule has 0 aliphatic heterocycles. The van der Waals surface area contributed by atoms with Crippen molar-refractivity contribution in [1.29, 1.82) is 0 Å². The number of carbonyl (C=O) groups is 1. The maximum absolute atomic E-state index is 12.0. The third kappa shape index (κ3) is 12.8. The second kappa shape index (κ2) is 19.3. The van der Waals surface area contributed by atoms with Crippen molar-refractivity contribution in [3.05, 3.63) is 90.5 Å². The highest BCUT2D eigenvalue weighted by Gasteiger charge is 2.02. The first kappa shape index (κ1) is 30.7. The number of ketones is 1. The van der Waals surface area contributed by atoms with Crippen LogP contribution in [-0.2, 0) is 9.53 Å². The van der Waals surface area contributed by atoms with E-state index in [2.05, 4.69) is 30.2 Å². The van der Waals surface area contributed by atoms with Gasteiger partial charge in [-0.05, 0) is 79.1 Å². The lowest BCUT2D eigenvalue weighted by Crippen LogP contribution is -1.99. The number of benzene rings is 3. The fourth-order valence-corrected chi connectivity index (χ4v) is 4.25. The summed E-state index contributed by atoms with van der Waals surface area (Å²) in [6.45, 7) is 2.55. The summed E-state index contributed by atoms with van der Waals surface area (Å²) in [5.74, 6) is 4.45. The summed E-state index contributed by atoms with van der Waals surface area (Å²) >= 11 is 0. The molecule has 0 atom stereocenters. The first-order valence-electron chi connectivity index (χ1n) is 14.5. The van der Waals surface area contributed by atoms with E-state index in [1.807, 2.05) is 60.7 Å². The molecule has 4 nitrogen and oxygen atoms in total. The van der Waals surface area contributed by atoms with Crippen molar-refractivity contribution in [3.63, 3.8) is 0 Å². The van der Waals surface area contributed by atoms with Crippen molar-refractivity contribution in [1.82, 2.24) is 0 Å². The molecule has 0 aliphatic carbocycles. The van der Waals surface area contributed by atoms with Crippen LogP contribution in [0.2, 0.25) is 0 Å². The number of hydrogen-bond donors (Lipinski definition) is 0. The summed E-state index contributed by atoms with van der Waals surface area (Å²) in [5, 5.41) is 0. The van der Waals surface area contributed by atoms with Crippen molar-refractivity contribution in [3.8, 4) is 35.0 Å². The van der Waals surface area contributed by atoms with E-state index >= 15 is 0 Å². The highest BCUT2D eigenvalue weighted by molar-refractivity contribution is 5.93. The molecule has 0 fully saturated rings. The summed E-state index contributed by atoms with van der Waals surface area (Å²) in [7, 11) is 0. The maximum Gasteiger partial charge on any atom is 0.155 e. The molecule has 3 aromatic rings. The minimum absolute atomic E-state index is 0.188. The van der Waals surface area contributed by atoms with Gasteiger partial charge in [0.15, 0.2) is 5.78 Å². The molecule has 0 aromatic heterocycles. The van der Waals surface area contributed by atoms with Crippen LogP contribution in [0, 0.1) is 12.3 Å². The number of carbonyl (C=O) groups excluding carboxylic acids is 1. The molecule has 4 heteroatoms. The SMILES string of the molecule is C#CCOCCCCCCOc1ccc(-c2ccc(OCCCCCCC(=O)C=Cc3ccccc3)cc2)cc1. The van der Waals surface area contributed by atoms with E-state index in [1.165, 1.54) is 0 Å². The van der Waals surface area contributed by atoms with Crippen molar-refractivity contribution < 1.29 is 19.0 Å². The van der Waals surface area contributed by atoms with Crippen LogP contribution in [-0.4, -0.2) is 32.2 Å². The maximum atomic E-state index is 12.0. The molecule has 0 spiro atoms. The number of terminal acetylenes is 1. The molecule has 0 amide bonds. The molecule has 0 saturated carbocycles. The topological polar surface area (TPSA) is 44.8 Å². The zero-order chi connectivity index (χ0) is 28.1. The van der Waals surface area contributed by atoms with E-state index in [4.69, 9.17) is 20.6 Å². The van der Waals surface area contributed by atoms with Gasteiger partial charge in [0.25, 0.3) is 0 Å². The molecule has 40 heavy (non-hydrogen) atoms. The predicted molar refractivity (Wildman–Crippen MR) is 165 cm³/mol. The molecule has 3 aromatic carbocycles. The summed E-state index contributed by atoms with van der Waals surface area (Å²) in [6, 6.07) is 26.4. The Morgan fingerprint density at radius 1 is 0.650 bits per heavy atom. The summed E-state index contributed by atoms with van der Waals surface area (Å²) in [4.78, 5) is 12.0. The Kier molecular flexibility index (Phi) is 14.8. The summed E-state index contributed by atoms with van der Waals surface area (Å²) < 4.78 is 17.1. The zero-order valence-corrected chi connectivity index (χ0v) is 23.6. The quantitative estimate of drug-likeness (QED) is 0.0821. The number of unbranched alkanes of at least 4 members (excludes halogenated alkanes) is 6. The molecule has 0 radical (unpaired) electrons. The Morgan fingerprint density at radius 3 is 1.73 bits per heavy atom. The van der Waals surface area contributed by atoms with Crippen LogP contribution in [0.15, 0.2) is 84.9 Å². The smallest absolute Gasteiger partial charge is 0.155 e. The van der Waals surface area contributed by atoms with Crippen LogP contribution in [0.25, 0.3) is 17.2 Å². The molecule has 0 aliphatic rings. The van der Waals surface area contributed by atoms with Crippen LogP contribution < -0.4 is 9.47 Å². The first-order chi connectivity index (χ1) is 19.7. The lowest BCUT2D eigenvalue weighted by molar-refractivity contribution is -0.114. The van der Waals surface area contributed by atoms with Crippen LogP contribution >= 0.6 is 0 Å². The molecule has 0 heterocycles. The highest BCUT2D eigenvalue weighted by atomic mass is 16.5. The van der Waals surface area contributed by atoms with E-state index in [9.17, 15) is 4.79 Å². The first-order valence-corrected chi connectivity index (χ1v) is 14.5. The van der Waals surface area contributed by atoms with Crippen LogP contribution in [0.1, 0.15) is 63.4 Å². The van der Waals surface area contributed by atoms with E-state index < -0.39 is 0 Å². The molecular formula is C36H42O4. The average Bonchev–Trinajstić information content (AvgIpc) is 3.00. The molecule has 0 unspecified atom stereocenters. The van der Waals surface area contributed by atoms with Gasteiger partial charge in [-0.3, -0.25) is 4.79 Å². The number of allylic oxidation sites excluding steroid dienone is 1. The Balaban J connectivity index is 1.23. The predicted octanol–water partition coefficient (Wildman–Crippen LogP) is 8.55. The van der Waals surface area contributed by atoms with E-state index in [0.29, 0.717) is 19.6 Å². The molecule has 0 saturated heterocycles. The van der Waals surface area contributed by atoms with Crippen molar-refractivity contribution >= 4 is 11.9 Å². The fraction of sp³-hybridized carbons (Fsp3) is 0.361. The van der Waals surface area contributed by atoms with Crippen molar-refractivity contribution in [2.75, 3.05) is 26.4 Å². The minimum atomic E-state index is 0.188. The van der Waals surface area contributed by atoms with Crippen LogP contribution in [0.5, 0.6) is 11.5 Å². The Hall–Kier alpha value is -3.81. The number of rotatable bonds is 20. The average molecular weight is 539 g/mol. The van der Waals surface area contributed by atoms with E-state index in [-0.39, 0.29) is 5.78 Å². The van der Waals surface area contributed by atoms with Crippen LogP contribution in [0.4, 0.5) is 0 Å². The third-order valence-corrected chi connectivity index (χ3v) is 6.53. The van der Waals surface area contributed by atoms with Gasteiger partial charge in [0.1, 0.15) is 18.1 Å². The molecule has 210 valence electrons. The standard InChI is InChI=1S/C36H42O4/c1-2-27-38-28-11-5-6-13-30-40-36-25-20-33(21-26-36)32-18-23-35(24-19-32)39-29-12-4-3-10-16-34(37)22-17-31-14-8-7-9-15-31/h1,7-9,14-15,17-26H,3-6,10-13,16,27-30H2. The summed E-state index contributed by atoms with van der Waals surface area (Å²) in [5.41, 5.74) is 3.36.